The molecule has 154 valence electrons. The minimum absolute atomic E-state index is 0.0890. The number of likely N-dealkylation sites (N-methyl/N-ethyl adjacent to an activating group) is 1. The van der Waals surface area contributed by atoms with Gasteiger partial charge in [0.25, 0.3) is 0 Å². The number of nitrogens with zero attached hydrogens (tertiary/aromatic N) is 1. The van der Waals surface area contributed by atoms with E-state index in [9.17, 15) is 16.8 Å². The fraction of sp³-hybridized carbons (Fsp3) is 0.333. The number of methoxy groups -OCH3 is 2. The van der Waals surface area contributed by atoms with Gasteiger partial charge in [0.2, 0.25) is 10.0 Å². The van der Waals surface area contributed by atoms with Crippen LogP contribution in [0.25, 0.3) is 0 Å². The molecule has 10 heteroatoms. The number of hydrogen-bond donors (Lipinski definition) is 1. The number of rotatable bonds is 8. The lowest BCUT2D eigenvalue weighted by atomic mass is 10.1. The van der Waals surface area contributed by atoms with Crippen LogP contribution in [-0.4, -0.2) is 50.9 Å². The Morgan fingerprint density at radius 1 is 0.964 bits per heavy atom. The molecular formula is C18H24N2O6S2. The van der Waals surface area contributed by atoms with Gasteiger partial charge in [-0.2, -0.15) is 0 Å². The minimum Gasteiger partial charge on any atom is -0.493 e. The highest BCUT2D eigenvalue weighted by Gasteiger charge is 2.20. The van der Waals surface area contributed by atoms with E-state index >= 15 is 0 Å². The molecule has 0 radical (unpaired) electrons. The van der Waals surface area contributed by atoms with Crippen molar-refractivity contribution < 1.29 is 26.3 Å². The van der Waals surface area contributed by atoms with Crippen molar-refractivity contribution >= 4 is 25.5 Å². The molecule has 0 unspecified atom stereocenters. The van der Waals surface area contributed by atoms with Gasteiger partial charge in [-0.05, 0) is 42.3 Å². The van der Waals surface area contributed by atoms with Crippen LogP contribution in [0, 0.1) is 0 Å². The molecule has 2 aromatic rings. The van der Waals surface area contributed by atoms with Crippen LogP contribution in [-0.2, 0) is 26.3 Å². The quantitative estimate of drug-likeness (QED) is 0.676. The normalized spacial score (nSPS) is 11.9. The van der Waals surface area contributed by atoms with Crippen LogP contribution in [0.1, 0.15) is 5.56 Å². The Kier molecular flexibility index (Phi) is 6.58. The number of sulfone groups is 1. The molecule has 0 spiro atoms. The van der Waals surface area contributed by atoms with E-state index in [-0.39, 0.29) is 9.79 Å². The topological polar surface area (TPSA) is 116 Å². The highest BCUT2D eigenvalue weighted by molar-refractivity contribution is 7.91. The molecule has 2 N–H and O–H groups in total. The SMILES string of the molecule is COc1ccc(CCN(C)c2ccc(S(N)(=O)=O)cc2S(C)(=O)=O)cc1OC. The molecule has 0 aliphatic heterocycles. The highest BCUT2D eigenvalue weighted by atomic mass is 32.2. The lowest BCUT2D eigenvalue weighted by molar-refractivity contribution is 0.354. The molecule has 0 amide bonds. The van der Waals surface area contributed by atoms with Crippen molar-refractivity contribution in [3.63, 3.8) is 0 Å². The van der Waals surface area contributed by atoms with Crippen molar-refractivity contribution in [3.05, 3.63) is 42.0 Å². The third-order valence-corrected chi connectivity index (χ3v) is 6.29. The van der Waals surface area contributed by atoms with Gasteiger partial charge in [-0.1, -0.05) is 6.07 Å². The molecule has 8 nitrogen and oxygen atoms in total. The van der Waals surface area contributed by atoms with Crippen molar-refractivity contribution in [2.24, 2.45) is 5.14 Å². The first-order valence-corrected chi connectivity index (χ1v) is 11.7. The number of hydrogen-bond acceptors (Lipinski definition) is 7. The predicted octanol–water partition coefficient (Wildman–Crippen LogP) is 1.43. The van der Waals surface area contributed by atoms with Crippen LogP contribution in [0.3, 0.4) is 0 Å². The number of ether oxygens (including phenoxy) is 2. The van der Waals surface area contributed by atoms with E-state index in [4.69, 9.17) is 14.6 Å². The Bertz CT molecular complexity index is 1070. The summed E-state index contributed by atoms with van der Waals surface area (Å²) in [7, 11) is -2.82. The van der Waals surface area contributed by atoms with Gasteiger partial charge in [0.1, 0.15) is 0 Å². The first kappa shape index (κ1) is 22.0. The predicted molar refractivity (Wildman–Crippen MR) is 107 cm³/mol. The van der Waals surface area contributed by atoms with Gasteiger partial charge in [-0.3, -0.25) is 0 Å². The Morgan fingerprint density at radius 2 is 1.61 bits per heavy atom. The highest BCUT2D eigenvalue weighted by Crippen LogP contribution is 2.29. The maximum atomic E-state index is 12.2. The largest absolute Gasteiger partial charge is 0.493 e. The monoisotopic (exact) mass is 428 g/mol. The van der Waals surface area contributed by atoms with E-state index in [0.29, 0.717) is 30.2 Å². The molecule has 2 aromatic carbocycles. The van der Waals surface area contributed by atoms with E-state index in [1.165, 1.54) is 12.1 Å². The van der Waals surface area contributed by atoms with Gasteiger partial charge in [-0.15, -0.1) is 0 Å². The van der Waals surface area contributed by atoms with Gasteiger partial charge in [0.05, 0.1) is 29.7 Å². The van der Waals surface area contributed by atoms with Crippen molar-refractivity contribution in [2.75, 3.05) is 39.0 Å². The summed E-state index contributed by atoms with van der Waals surface area (Å²) in [5, 5.41) is 5.12. The second-order valence-corrected chi connectivity index (χ2v) is 9.85. The summed E-state index contributed by atoms with van der Waals surface area (Å²) in [6.45, 7) is 0.493. The van der Waals surface area contributed by atoms with Gasteiger partial charge in [-0.25, -0.2) is 22.0 Å². The number of nitrogens with two attached hydrogens (primary N) is 1. The van der Waals surface area contributed by atoms with Gasteiger partial charge in [0, 0.05) is 19.8 Å². The summed E-state index contributed by atoms with van der Waals surface area (Å²) in [5.41, 5.74) is 1.38. The van der Waals surface area contributed by atoms with E-state index in [1.54, 1.807) is 32.2 Å². The molecule has 0 saturated heterocycles. The molecule has 0 heterocycles. The fourth-order valence-corrected chi connectivity index (χ4v) is 4.30. The van der Waals surface area contributed by atoms with Crippen LogP contribution in [0.2, 0.25) is 0 Å². The van der Waals surface area contributed by atoms with Gasteiger partial charge < -0.3 is 14.4 Å². The summed E-state index contributed by atoms with van der Waals surface area (Å²) in [6.07, 6.45) is 1.64. The maximum absolute atomic E-state index is 12.2. The van der Waals surface area contributed by atoms with Crippen LogP contribution >= 0.6 is 0 Å². The van der Waals surface area contributed by atoms with E-state index in [0.717, 1.165) is 17.9 Å². The fourth-order valence-electron chi connectivity index (χ4n) is 2.74. The number of primary sulfonamides is 1. The van der Waals surface area contributed by atoms with E-state index < -0.39 is 19.9 Å². The second kappa shape index (κ2) is 8.38. The number of anilines is 1. The first-order valence-electron chi connectivity index (χ1n) is 8.26. The van der Waals surface area contributed by atoms with Crippen molar-refractivity contribution in [3.8, 4) is 11.5 Å². The summed E-state index contributed by atoms with van der Waals surface area (Å²) in [5.74, 6) is 1.23. The molecule has 0 bridgehead atoms. The van der Waals surface area contributed by atoms with Crippen molar-refractivity contribution in [1.29, 1.82) is 0 Å². The van der Waals surface area contributed by atoms with Crippen molar-refractivity contribution in [2.45, 2.75) is 16.2 Å². The zero-order chi connectivity index (χ0) is 21.1. The zero-order valence-electron chi connectivity index (χ0n) is 16.2. The summed E-state index contributed by atoms with van der Waals surface area (Å²) in [6, 6.07) is 9.39. The van der Waals surface area contributed by atoms with Crippen LogP contribution < -0.4 is 19.5 Å². The Balaban J connectivity index is 2.30. The Labute approximate surface area is 165 Å². The average molecular weight is 429 g/mol. The third-order valence-electron chi connectivity index (χ3n) is 4.25. The maximum Gasteiger partial charge on any atom is 0.238 e. The average Bonchev–Trinajstić information content (AvgIpc) is 2.63. The smallest absolute Gasteiger partial charge is 0.238 e. The van der Waals surface area contributed by atoms with Crippen LogP contribution in [0.5, 0.6) is 11.5 Å². The van der Waals surface area contributed by atoms with Gasteiger partial charge >= 0.3 is 0 Å². The van der Waals surface area contributed by atoms with Gasteiger partial charge in [0.15, 0.2) is 21.3 Å². The Hall–Kier alpha value is -2.30. The van der Waals surface area contributed by atoms with Crippen LogP contribution in [0.15, 0.2) is 46.2 Å². The molecule has 0 atom stereocenters. The zero-order valence-corrected chi connectivity index (χ0v) is 17.8. The third kappa shape index (κ3) is 5.15. The molecule has 2 rings (SSSR count). The molecule has 0 aliphatic rings. The van der Waals surface area contributed by atoms with Crippen molar-refractivity contribution in [1.82, 2.24) is 0 Å². The van der Waals surface area contributed by atoms with E-state index in [1.807, 2.05) is 12.1 Å². The van der Waals surface area contributed by atoms with E-state index in [2.05, 4.69) is 0 Å². The molecule has 0 fully saturated rings. The molecule has 0 aliphatic carbocycles. The summed E-state index contributed by atoms with van der Waals surface area (Å²) < 4.78 is 58.0. The second-order valence-electron chi connectivity index (χ2n) is 6.31. The Morgan fingerprint density at radius 3 is 2.14 bits per heavy atom. The number of benzene rings is 2. The molecule has 0 aromatic heterocycles. The standard InChI is InChI=1S/C18H24N2O6S2/c1-20(10-9-13-5-8-16(25-2)17(11-13)26-3)15-7-6-14(28(19,23)24)12-18(15)27(4,21)22/h5-8,11-12H,9-10H2,1-4H3,(H2,19,23,24). The molecular weight excluding hydrogens is 404 g/mol. The lowest BCUT2D eigenvalue weighted by Gasteiger charge is -2.22. The summed E-state index contributed by atoms with van der Waals surface area (Å²) >= 11 is 0. The number of sulfonamides is 1. The summed E-state index contributed by atoms with van der Waals surface area (Å²) in [4.78, 5) is 1.42. The molecule has 28 heavy (non-hydrogen) atoms. The minimum atomic E-state index is -4.01. The van der Waals surface area contributed by atoms with Crippen LogP contribution in [0.4, 0.5) is 5.69 Å². The molecule has 0 saturated carbocycles. The first-order chi connectivity index (χ1) is 13.0. The lowest BCUT2D eigenvalue weighted by Crippen LogP contribution is -2.23.